The van der Waals surface area contributed by atoms with E-state index in [1.165, 1.54) is 0 Å². The number of carbonyl (C=O) groups is 1. The minimum Gasteiger partial charge on any atom is -0.398 e. The lowest BCUT2D eigenvalue weighted by Gasteiger charge is -2.08. The van der Waals surface area contributed by atoms with E-state index in [0.29, 0.717) is 15.7 Å². The van der Waals surface area contributed by atoms with Gasteiger partial charge in [-0.25, -0.2) is 4.98 Å². The summed E-state index contributed by atoms with van der Waals surface area (Å²) in [5, 5.41) is 3.89. The Labute approximate surface area is 134 Å². The fourth-order valence-electron chi connectivity index (χ4n) is 2.04. The number of carbonyl (C=O) groups excluding carboxylic acids is 1. The number of nitrogen functional groups attached to an aromatic ring is 1. The van der Waals surface area contributed by atoms with Gasteiger partial charge in [0, 0.05) is 11.4 Å². The van der Waals surface area contributed by atoms with Gasteiger partial charge in [-0.3, -0.25) is 4.79 Å². The predicted molar refractivity (Wildman–Crippen MR) is 90.9 cm³/mol. The fraction of sp³-hybridized carbons (Fsp3) is 0.0667. The molecule has 0 unspecified atom stereocenters. The quantitative estimate of drug-likeness (QED) is 0.672. The second-order valence-corrected chi connectivity index (χ2v) is 6.61. The smallest absolute Gasteiger partial charge is 0.256 e. The van der Waals surface area contributed by atoms with E-state index in [1.54, 1.807) is 29.5 Å². The standard InChI is InChI=1S/C15H12BrN3OS/c1-8-18-12-6-5-9(7-13(12)21-8)19-15(20)10-3-2-4-11(17)14(10)16/h2-7H,17H2,1H3,(H,19,20). The third-order valence-electron chi connectivity index (χ3n) is 3.03. The van der Waals surface area contributed by atoms with Gasteiger partial charge in [0.2, 0.25) is 0 Å². The summed E-state index contributed by atoms with van der Waals surface area (Å²) in [7, 11) is 0. The molecule has 3 rings (SSSR count). The molecule has 21 heavy (non-hydrogen) atoms. The second-order valence-electron chi connectivity index (χ2n) is 4.58. The Balaban J connectivity index is 1.90. The molecule has 0 bridgehead atoms. The Hall–Kier alpha value is -1.92. The van der Waals surface area contributed by atoms with Gasteiger partial charge in [0.1, 0.15) is 0 Å². The van der Waals surface area contributed by atoms with Gasteiger partial charge >= 0.3 is 0 Å². The maximum atomic E-state index is 12.3. The van der Waals surface area contributed by atoms with Crippen molar-refractivity contribution < 1.29 is 4.79 Å². The van der Waals surface area contributed by atoms with Crippen LogP contribution < -0.4 is 11.1 Å². The molecule has 0 fully saturated rings. The molecule has 0 aliphatic heterocycles. The number of anilines is 2. The van der Waals surface area contributed by atoms with Crippen LogP contribution in [0.2, 0.25) is 0 Å². The summed E-state index contributed by atoms with van der Waals surface area (Å²) in [5.41, 5.74) is 8.53. The molecule has 0 radical (unpaired) electrons. The second kappa shape index (κ2) is 5.46. The molecule has 1 aromatic heterocycles. The Bertz CT molecular complexity index is 844. The van der Waals surface area contributed by atoms with E-state index in [4.69, 9.17) is 5.73 Å². The van der Waals surface area contributed by atoms with Crippen molar-refractivity contribution in [2.45, 2.75) is 6.92 Å². The highest BCUT2D eigenvalue weighted by Gasteiger charge is 2.12. The summed E-state index contributed by atoms with van der Waals surface area (Å²) < 4.78 is 1.66. The van der Waals surface area contributed by atoms with Crippen molar-refractivity contribution in [3.8, 4) is 0 Å². The van der Waals surface area contributed by atoms with Crippen LogP contribution in [0.25, 0.3) is 10.2 Å². The van der Waals surface area contributed by atoms with Gasteiger partial charge in [-0.15, -0.1) is 11.3 Å². The summed E-state index contributed by atoms with van der Waals surface area (Å²) >= 11 is 4.95. The first-order chi connectivity index (χ1) is 10.0. The zero-order valence-corrected chi connectivity index (χ0v) is 13.6. The molecule has 6 heteroatoms. The van der Waals surface area contributed by atoms with Crippen molar-refractivity contribution in [3.05, 3.63) is 51.4 Å². The molecule has 1 heterocycles. The monoisotopic (exact) mass is 361 g/mol. The summed E-state index contributed by atoms with van der Waals surface area (Å²) in [4.78, 5) is 16.7. The van der Waals surface area contributed by atoms with Gasteiger partial charge in [0.25, 0.3) is 5.91 Å². The Morgan fingerprint density at radius 1 is 1.33 bits per heavy atom. The summed E-state index contributed by atoms with van der Waals surface area (Å²) in [5.74, 6) is -0.199. The molecule has 2 aromatic carbocycles. The predicted octanol–water partition coefficient (Wildman–Crippen LogP) is 4.20. The highest BCUT2D eigenvalue weighted by molar-refractivity contribution is 9.10. The van der Waals surface area contributed by atoms with Gasteiger partial charge in [-0.1, -0.05) is 6.07 Å². The summed E-state index contributed by atoms with van der Waals surface area (Å²) in [6, 6.07) is 10.9. The third-order valence-corrected chi connectivity index (χ3v) is 4.85. The molecular weight excluding hydrogens is 350 g/mol. The molecule has 106 valence electrons. The Morgan fingerprint density at radius 2 is 2.14 bits per heavy atom. The molecule has 4 nitrogen and oxygen atoms in total. The van der Waals surface area contributed by atoms with Gasteiger partial charge in [-0.2, -0.15) is 0 Å². The van der Waals surface area contributed by atoms with Crippen molar-refractivity contribution in [1.82, 2.24) is 4.98 Å². The molecule has 0 aliphatic rings. The van der Waals surface area contributed by atoms with Gasteiger partial charge in [0.15, 0.2) is 0 Å². The van der Waals surface area contributed by atoms with E-state index >= 15 is 0 Å². The number of hydrogen-bond acceptors (Lipinski definition) is 4. The van der Waals surface area contributed by atoms with Crippen molar-refractivity contribution in [2.75, 3.05) is 11.1 Å². The summed E-state index contributed by atoms with van der Waals surface area (Å²) in [6.45, 7) is 1.97. The lowest BCUT2D eigenvalue weighted by molar-refractivity contribution is 0.102. The molecular formula is C15H12BrN3OS. The van der Waals surface area contributed by atoms with Crippen LogP contribution in [0.5, 0.6) is 0 Å². The molecule has 0 atom stereocenters. The number of aryl methyl sites for hydroxylation is 1. The Morgan fingerprint density at radius 3 is 2.95 bits per heavy atom. The first-order valence-corrected chi connectivity index (χ1v) is 7.88. The third kappa shape index (κ3) is 2.77. The van der Waals surface area contributed by atoms with E-state index in [-0.39, 0.29) is 5.91 Å². The largest absolute Gasteiger partial charge is 0.398 e. The molecule has 3 aromatic rings. The van der Waals surface area contributed by atoms with E-state index in [0.717, 1.165) is 20.9 Å². The number of hydrogen-bond donors (Lipinski definition) is 2. The van der Waals surface area contributed by atoms with Crippen molar-refractivity contribution >= 4 is 54.8 Å². The van der Waals surface area contributed by atoms with E-state index < -0.39 is 0 Å². The lowest BCUT2D eigenvalue weighted by Crippen LogP contribution is -2.13. The normalized spacial score (nSPS) is 10.8. The van der Waals surface area contributed by atoms with Crippen molar-refractivity contribution in [3.63, 3.8) is 0 Å². The number of benzene rings is 2. The maximum absolute atomic E-state index is 12.3. The Kier molecular flexibility index (Phi) is 3.65. The van der Waals surface area contributed by atoms with E-state index in [9.17, 15) is 4.79 Å². The lowest BCUT2D eigenvalue weighted by atomic mass is 10.2. The molecule has 3 N–H and O–H groups in total. The topological polar surface area (TPSA) is 68.0 Å². The van der Waals surface area contributed by atoms with Crippen LogP contribution in [-0.2, 0) is 0 Å². The number of aromatic nitrogens is 1. The number of nitrogens with zero attached hydrogens (tertiary/aromatic N) is 1. The number of halogens is 1. The number of rotatable bonds is 2. The zero-order valence-electron chi connectivity index (χ0n) is 11.2. The molecule has 0 saturated heterocycles. The van der Waals surface area contributed by atoms with Crippen LogP contribution >= 0.6 is 27.3 Å². The van der Waals surface area contributed by atoms with Crippen LogP contribution in [0.15, 0.2) is 40.9 Å². The van der Waals surface area contributed by atoms with Crippen molar-refractivity contribution in [1.29, 1.82) is 0 Å². The van der Waals surface area contributed by atoms with Crippen LogP contribution in [0.1, 0.15) is 15.4 Å². The maximum Gasteiger partial charge on any atom is 0.256 e. The number of nitrogens with two attached hydrogens (primary N) is 1. The van der Waals surface area contributed by atoms with Crippen LogP contribution in [-0.4, -0.2) is 10.9 Å². The average molecular weight is 362 g/mol. The zero-order chi connectivity index (χ0) is 15.0. The molecule has 0 saturated carbocycles. The van der Waals surface area contributed by atoms with Crippen molar-refractivity contribution in [2.24, 2.45) is 0 Å². The molecule has 0 spiro atoms. The van der Waals surface area contributed by atoms with Gasteiger partial charge in [0.05, 0.1) is 25.3 Å². The SMILES string of the molecule is Cc1nc2ccc(NC(=O)c3cccc(N)c3Br)cc2s1. The van der Waals surface area contributed by atoms with Gasteiger partial charge in [-0.05, 0) is 53.2 Å². The molecule has 1 amide bonds. The minimum atomic E-state index is -0.199. The van der Waals surface area contributed by atoms with E-state index in [2.05, 4.69) is 26.2 Å². The first kappa shape index (κ1) is 14.0. The first-order valence-electron chi connectivity index (χ1n) is 6.27. The van der Waals surface area contributed by atoms with Gasteiger partial charge < -0.3 is 11.1 Å². The van der Waals surface area contributed by atoms with E-state index in [1.807, 2.05) is 25.1 Å². The fourth-order valence-corrected chi connectivity index (χ4v) is 3.35. The summed E-state index contributed by atoms with van der Waals surface area (Å²) in [6.07, 6.45) is 0. The minimum absolute atomic E-state index is 0.199. The number of thiazole rings is 1. The van der Waals surface area contributed by atoms with Crippen LogP contribution in [0.4, 0.5) is 11.4 Å². The number of fused-ring (bicyclic) bond motifs is 1. The van der Waals surface area contributed by atoms with Crippen LogP contribution in [0, 0.1) is 6.92 Å². The number of nitrogens with one attached hydrogen (secondary N) is 1. The average Bonchev–Trinajstić information content (AvgIpc) is 2.81. The number of amides is 1. The van der Waals surface area contributed by atoms with Crippen LogP contribution in [0.3, 0.4) is 0 Å². The highest BCUT2D eigenvalue weighted by Crippen LogP contribution is 2.27. The molecule has 0 aliphatic carbocycles. The highest BCUT2D eigenvalue weighted by atomic mass is 79.9.